The summed E-state index contributed by atoms with van der Waals surface area (Å²) in [6.07, 6.45) is 0.884. The van der Waals surface area contributed by atoms with Crippen LogP contribution >= 0.6 is 0 Å². The number of para-hydroxylation sites is 1. The Morgan fingerprint density at radius 2 is 1.31 bits per heavy atom. The van der Waals surface area contributed by atoms with Crippen LogP contribution in [0.15, 0.2) is 78.9 Å². The van der Waals surface area contributed by atoms with Gasteiger partial charge in [0.15, 0.2) is 0 Å². The maximum atomic E-state index is 12.7. The van der Waals surface area contributed by atoms with E-state index in [-0.39, 0.29) is 17.9 Å². The van der Waals surface area contributed by atoms with Gasteiger partial charge in [-0.2, -0.15) is 0 Å². The summed E-state index contributed by atoms with van der Waals surface area (Å²) in [6, 6.07) is 26.5. The van der Waals surface area contributed by atoms with E-state index in [1.54, 1.807) is 0 Å². The molecular weight excluding hydrogens is 448 g/mol. The van der Waals surface area contributed by atoms with Crippen molar-refractivity contribution >= 4 is 17.5 Å². The van der Waals surface area contributed by atoms with Gasteiger partial charge in [-0.15, -0.1) is 0 Å². The average Bonchev–Trinajstić information content (AvgIpc) is 2.90. The van der Waals surface area contributed by atoms with Crippen molar-refractivity contribution in [1.29, 1.82) is 0 Å². The highest BCUT2D eigenvalue weighted by atomic mass is 16.2. The molecule has 1 aliphatic heterocycles. The van der Waals surface area contributed by atoms with E-state index in [1.807, 2.05) is 49.4 Å². The molecule has 0 aliphatic carbocycles. The summed E-state index contributed by atoms with van der Waals surface area (Å²) in [5, 5.41) is 6.17. The first-order valence-electron chi connectivity index (χ1n) is 12.8. The van der Waals surface area contributed by atoms with Gasteiger partial charge in [-0.1, -0.05) is 79.7 Å². The molecule has 1 atom stereocenters. The SMILES string of the molecule is CCc1ccccc1NC(=O)CN1CCN(CC(=O)N[C@@H](C)c2ccc(-c3ccccc3)cc2)CC1. The van der Waals surface area contributed by atoms with Gasteiger partial charge in [0.05, 0.1) is 19.1 Å². The molecule has 6 nitrogen and oxygen atoms in total. The van der Waals surface area contributed by atoms with E-state index in [4.69, 9.17) is 0 Å². The Morgan fingerprint density at radius 1 is 0.750 bits per heavy atom. The summed E-state index contributed by atoms with van der Waals surface area (Å²) in [7, 11) is 0. The van der Waals surface area contributed by atoms with Crippen LogP contribution in [0.4, 0.5) is 5.69 Å². The molecule has 3 aromatic carbocycles. The molecule has 0 saturated carbocycles. The van der Waals surface area contributed by atoms with Gasteiger partial charge >= 0.3 is 0 Å². The van der Waals surface area contributed by atoms with Gasteiger partial charge in [0.2, 0.25) is 11.8 Å². The second-order valence-corrected chi connectivity index (χ2v) is 9.39. The standard InChI is InChI=1S/C30H36N4O2/c1-3-24-9-7-8-12-28(24)32-30(36)22-34-19-17-33(18-20-34)21-29(35)31-23(2)25-13-15-27(16-14-25)26-10-5-4-6-11-26/h4-16,23H,3,17-22H2,1-2H3,(H,31,35)(H,32,36)/t23-/m0/s1. The van der Waals surface area contributed by atoms with Crippen molar-refractivity contribution in [3.8, 4) is 11.1 Å². The van der Waals surface area contributed by atoms with Crippen molar-refractivity contribution in [1.82, 2.24) is 15.1 Å². The molecule has 0 unspecified atom stereocenters. The Morgan fingerprint density at radius 3 is 1.94 bits per heavy atom. The molecule has 6 heteroatoms. The number of anilines is 1. The van der Waals surface area contributed by atoms with E-state index >= 15 is 0 Å². The first-order chi connectivity index (χ1) is 17.5. The molecule has 0 bridgehead atoms. The first-order valence-corrected chi connectivity index (χ1v) is 12.8. The molecule has 36 heavy (non-hydrogen) atoms. The zero-order valence-corrected chi connectivity index (χ0v) is 21.2. The first kappa shape index (κ1) is 25.6. The normalized spacial score (nSPS) is 15.3. The third-order valence-electron chi connectivity index (χ3n) is 6.77. The summed E-state index contributed by atoms with van der Waals surface area (Å²) in [5.74, 6) is 0.0335. The Bertz CT molecular complexity index is 1140. The quantitative estimate of drug-likeness (QED) is 0.474. The predicted molar refractivity (Wildman–Crippen MR) is 146 cm³/mol. The fourth-order valence-electron chi connectivity index (χ4n) is 4.62. The minimum absolute atomic E-state index is 0.00852. The number of nitrogens with zero attached hydrogens (tertiary/aromatic N) is 2. The van der Waals surface area contributed by atoms with Gasteiger partial charge in [-0.05, 0) is 41.7 Å². The van der Waals surface area contributed by atoms with E-state index < -0.39 is 0 Å². The number of carbonyl (C=O) groups excluding carboxylic acids is 2. The molecule has 1 heterocycles. The van der Waals surface area contributed by atoms with E-state index in [0.29, 0.717) is 13.1 Å². The zero-order chi connectivity index (χ0) is 25.3. The fraction of sp³-hybridized carbons (Fsp3) is 0.333. The number of hydrogen-bond acceptors (Lipinski definition) is 4. The lowest BCUT2D eigenvalue weighted by Crippen LogP contribution is -2.51. The van der Waals surface area contributed by atoms with Crippen LogP contribution in [0.25, 0.3) is 11.1 Å². The van der Waals surface area contributed by atoms with E-state index in [9.17, 15) is 9.59 Å². The van der Waals surface area contributed by atoms with Gasteiger partial charge in [0.1, 0.15) is 0 Å². The summed E-state index contributed by atoms with van der Waals surface area (Å²) < 4.78 is 0. The lowest BCUT2D eigenvalue weighted by Gasteiger charge is -2.34. The van der Waals surface area contributed by atoms with Gasteiger partial charge < -0.3 is 10.6 Å². The fourth-order valence-corrected chi connectivity index (χ4v) is 4.62. The highest BCUT2D eigenvalue weighted by molar-refractivity contribution is 5.93. The van der Waals surface area contributed by atoms with Crippen LogP contribution in [0.3, 0.4) is 0 Å². The van der Waals surface area contributed by atoms with Crippen molar-refractivity contribution in [3.63, 3.8) is 0 Å². The third-order valence-corrected chi connectivity index (χ3v) is 6.77. The van der Waals surface area contributed by atoms with Crippen LogP contribution in [0.5, 0.6) is 0 Å². The number of nitrogens with one attached hydrogen (secondary N) is 2. The Balaban J connectivity index is 1.19. The number of amides is 2. The second-order valence-electron chi connectivity index (χ2n) is 9.39. The van der Waals surface area contributed by atoms with E-state index in [1.165, 1.54) is 11.1 Å². The van der Waals surface area contributed by atoms with Gasteiger partial charge in [-0.3, -0.25) is 19.4 Å². The van der Waals surface area contributed by atoms with Gasteiger partial charge in [0.25, 0.3) is 0 Å². The smallest absolute Gasteiger partial charge is 0.238 e. The van der Waals surface area contributed by atoms with Crippen LogP contribution < -0.4 is 10.6 Å². The van der Waals surface area contributed by atoms with Crippen LogP contribution in [0.1, 0.15) is 31.0 Å². The molecule has 4 rings (SSSR count). The Kier molecular flexibility index (Phi) is 8.87. The van der Waals surface area contributed by atoms with Crippen LogP contribution in [-0.4, -0.2) is 60.9 Å². The zero-order valence-electron chi connectivity index (χ0n) is 21.2. The van der Waals surface area contributed by atoms with E-state index in [0.717, 1.165) is 49.4 Å². The lowest BCUT2D eigenvalue weighted by molar-refractivity contribution is -0.124. The Labute approximate surface area is 214 Å². The number of aryl methyl sites for hydroxylation is 1. The third kappa shape index (κ3) is 7.03. The summed E-state index contributed by atoms with van der Waals surface area (Å²) in [6.45, 7) is 7.92. The summed E-state index contributed by atoms with van der Waals surface area (Å²) in [4.78, 5) is 29.5. The number of carbonyl (C=O) groups is 2. The lowest BCUT2D eigenvalue weighted by atomic mass is 10.0. The molecule has 2 N–H and O–H groups in total. The summed E-state index contributed by atoms with van der Waals surface area (Å²) in [5.41, 5.74) is 5.47. The highest BCUT2D eigenvalue weighted by Gasteiger charge is 2.21. The van der Waals surface area contributed by atoms with Crippen molar-refractivity contribution in [3.05, 3.63) is 90.0 Å². The van der Waals surface area contributed by atoms with E-state index in [2.05, 4.69) is 63.8 Å². The molecule has 2 amide bonds. The number of benzene rings is 3. The largest absolute Gasteiger partial charge is 0.348 e. The van der Waals surface area contributed by atoms with Gasteiger partial charge in [0, 0.05) is 31.9 Å². The topological polar surface area (TPSA) is 64.7 Å². The average molecular weight is 485 g/mol. The van der Waals surface area contributed by atoms with Crippen LogP contribution in [0.2, 0.25) is 0 Å². The Hall–Kier alpha value is -3.48. The number of hydrogen-bond donors (Lipinski definition) is 2. The molecular formula is C30H36N4O2. The van der Waals surface area contributed by atoms with Gasteiger partial charge in [-0.25, -0.2) is 0 Å². The summed E-state index contributed by atoms with van der Waals surface area (Å²) >= 11 is 0. The van der Waals surface area contributed by atoms with Crippen LogP contribution in [0, 0.1) is 0 Å². The highest BCUT2D eigenvalue weighted by Crippen LogP contribution is 2.22. The van der Waals surface area contributed by atoms with Crippen molar-refractivity contribution in [2.75, 3.05) is 44.6 Å². The second kappa shape index (κ2) is 12.5. The molecule has 0 spiro atoms. The molecule has 1 aliphatic rings. The maximum absolute atomic E-state index is 12.7. The van der Waals surface area contributed by atoms with Crippen molar-refractivity contribution in [2.45, 2.75) is 26.3 Å². The van der Waals surface area contributed by atoms with Crippen molar-refractivity contribution < 1.29 is 9.59 Å². The molecule has 0 radical (unpaired) electrons. The number of piperazine rings is 1. The minimum Gasteiger partial charge on any atom is -0.348 e. The maximum Gasteiger partial charge on any atom is 0.238 e. The molecule has 1 saturated heterocycles. The van der Waals surface area contributed by atoms with Crippen LogP contribution in [-0.2, 0) is 16.0 Å². The molecule has 3 aromatic rings. The molecule has 1 fully saturated rings. The number of rotatable bonds is 9. The van der Waals surface area contributed by atoms with Crippen molar-refractivity contribution in [2.24, 2.45) is 0 Å². The monoisotopic (exact) mass is 484 g/mol. The predicted octanol–water partition coefficient (Wildman–Crippen LogP) is 4.35. The molecule has 188 valence electrons. The molecule has 0 aromatic heterocycles. The minimum atomic E-state index is -0.0571.